The molecule has 0 heterocycles. The third kappa shape index (κ3) is 1.91. The first kappa shape index (κ1) is 9.83. The summed E-state index contributed by atoms with van der Waals surface area (Å²) in [5.74, 6) is 2.98. The molecule has 0 aromatic carbocycles. The molecule has 0 nitrogen and oxygen atoms in total. The summed E-state index contributed by atoms with van der Waals surface area (Å²) in [6.07, 6.45) is 10.6. The van der Waals surface area contributed by atoms with Gasteiger partial charge in [0.1, 0.15) is 0 Å². The molecule has 70 valence electrons. The van der Waals surface area contributed by atoms with Crippen molar-refractivity contribution in [2.24, 2.45) is 17.8 Å². The van der Waals surface area contributed by atoms with Crippen LogP contribution in [0.2, 0.25) is 0 Å². The van der Waals surface area contributed by atoms with Crippen molar-refractivity contribution < 1.29 is 0 Å². The first-order chi connectivity index (χ1) is 5.88. The third-order valence-corrected chi connectivity index (χ3v) is 3.27. The molecule has 0 amide bonds. The van der Waals surface area contributed by atoms with Crippen LogP contribution in [0.25, 0.3) is 0 Å². The maximum absolute atomic E-state index is 2.41. The summed E-state index contributed by atoms with van der Waals surface area (Å²) in [4.78, 5) is 0. The van der Waals surface area contributed by atoms with E-state index in [0.717, 1.165) is 17.8 Å². The van der Waals surface area contributed by atoms with Gasteiger partial charge in [-0.15, -0.1) is 0 Å². The highest BCUT2D eigenvalue weighted by Crippen LogP contribution is 2.42. The summed E-state index contributed by atoms with van der Waals surface area (Å²) in [6.45, 7) is 6.37. The fourth-order valence-electron chi connectivity index (χ4n) is 2.66. The maximum Gasteiger partial charge on any atom is -0.0231 e. The number of allylic oxidation sites excluding steroid dienone is 2. The van der Waals surface area contributed by atoms with Crippen molar-refractivity contribution in [2.75, 3.05) is 0 Å². The average molecular weight is 166 g/mol. The van der Waals surface area contributed by atoms with Crippen LogP contribution in [0.5, 0.6) is 0 Å². The Bertz CT molecular complexity index is 146. The quantitative estimate of drug-likeness (QED) is 0.477. The molecule has 2 aliphatic rings. The van der Waals surface area contributed by atoms with Crippen molar-refractivity contribution in [3.05, 3.63) is 12.2 Å². The van der Waals surface area contributed by atoms with E-state index in [0.29, 0.717) is 0 Å². The highest BCUT2D eigenvalue weighted by molar-refractivity contribution is 5.00. The van der Waals surface area contributed by atoms with Crippen LogP contribution in [-0.4, -0.2) is 0 Å². The predicted molar refractivity (Wildman–Crippen MR) is 55.1 cm³/mol. The topological polar surface area (TPSA) is 0 Å². The van der Waals surface area contributed by atoms with Crippen LogP contribution < -0.4 is 0 Å². The molecule has 0 aromatic heterocycles. The lowest BCUT2D eigenvalue weighted by Crippen LogP contribution is -2.17. The molecule has 0 N–H and O–H groups in total. The Balaban J connectivity index is 0.000000336. The Hall–Kier alpha value is -0.260. The fraction of sp³-hybridized carbons (Fsp3) is 0.833. The molecule has 3 atom stereocenters. The van der Waals surface area contributed by atoms with Crippen molar-refractivity contribution in [2.45, 2.75) is 46.5 Å². The first-order valence-corrected chi connectivity index (χ1v) is 5.54. The largest absolute Gasteiger partial charge is 0.0880 e. The molecule has 0 bridgehead atoms. The molecule has 0 aliphatic heterocycles. The lowest BCUT2D eigenvalue weighted by Gasteiger charge is -2.26. The van der Waals surface area contributed by atoms with Crippen LogP contribution in [0.1, 0.15) is 46.5 Å². The van der Waals surface area contributed by atoms with Gasteiger partial charge in [-0.3, -0.25) is 0 Å². The van der Waals surface area contributed by atoms with E-state index in [1.165, 1.54) is 25.7 Å². The van der Waals surface area contributed by atoms with Crippen molar-refractivity contribution in [3.63, 3.8) is 0 Å². The Labute approximate surface area is 77.1 Å². The molecule has 3 unspecified atom stereocenters. The van der Waals surface area contributed by atoms with Crippen LogP contribution in [0.3, 0.4) is 0 Å². The normalized spacial score (nSPS) is 38.4. The number of hydrogen-bond acceptors (Lipinski definition) is 0. The molecule has 0 spiro atoms. The van der Waals surface area contributed by atoms with E-state index in [1.807, 2.05) is 13.8 Å². The van der Waals surface area contributed by atoms with Gasteiger partial charge >= 0.3 is 0 Å². The van der Waals surface area contributed by atoms with Crippen LogP contribution >= 0.6 is 0 Å². The Morgan fingerprint density at radius 3 is 2.58 bits per heavy atom. The Kier molecular flexibility index (Phi) is 3.84. The van der Waals surface area contributed by atoms with Crippen LogP contribution in [0, 0.1) is 17.8 Å². The summed E-state index contributed by atoms with van der Waals surface area (Å²) in [7, 11) is 0. The van der Waals surface area contributed by atoms with Gasteiger partial charge < -0.3 is 0 Å². The molecule has 0 heteroatoms. The zero-order chi connectivity index (χ0) is 8.97. The molecule has 2 rings (SSSR count). The van der Waals surface area contributed by atoms with Gasteiger partial charge in [0.05, 0.1) is 0 Å². The standard InChI is InChI=1S/C10H16.C2H6/c1-8-4-2-5-9-6-3-7-10(8)9;1-2/h2,4,8-10H,3,5-7H2,1H3;1-2H3. The Morgan fingerprint density at radius 2 is 1.92 bits per heavy atom. The minimum Gasteiger partial charge on any atom is -0.0880 e. The maximum atomic E-state index is 2.41. The third-order valence-electron chi connectivity index (χ3n) is 3.27. The number of fused-ring (bicyclic) bond motifs is 1. The van der Waals surface area contributed by atoms with Crippen molar-refractivity contribution in [3.8, 4) is 0 Å². The van der Waals surface area contributed by atoms with Gasteiger partial charge in [-0.2, -0.15) is 0 Å². The lowest BCUT2D eigenvalue weighted by atomic mass is 9.79. The van der Waals surface area contributed by atoms with Gasteiger partial charge in [0.15, 0.2) is 0 Å². The fourth-order valence-corrected chi connectivity index (χ4v) is 2.66. The van der Waals surface area contributed by atoms with Gasteiger partial charge in [0.2, 0.25) is 0 Å². The summed E-state index contributed by atoms with van der Waals surface area (Å²) in [5.41, 5.74) is 0. The van der Waals surface area contributed by atoms with Crippen LogP contribution in [0.4, 0.5) is 0 Å². The molecule has 12 heavy (non-hydrogen) atoms. The zero-order valence-corrected chi connectivity index (χ0v) is 8.72. The number of hydrogen-bond donors (Lipinski definition) is 0. The predicted octanol–water partition coefficient (Wildman–Crippen LogP) is 4.02. The molecule has 1 saturated carbocycles. The minimum atomic E-state index is 0.876. The van der Waals surface area contributed by atoms with E-state index in [9.17, 15) is 0 Å². The number of rotatable bonds is 0. The first-order valence-electron chi connectivity index (χ1n) is 5.54. The SMILES string of the molecule is CC.CC1C=CCC2CCCC12. The van der Waals surface area contributed by atoms with Crippen molar-refractivity contribution in [1.82, 2.24) is 0 Å². The van der Waals surface area contributed by atoms with Gasteiger partial charge in [-0.25, -0.2) is 0 Å². The summed E-state index contributed by atoms with van der Waals surface area (Å²) >= 11 is 0. The van der Waals surface area contributed by atoms with E-state index in [2.05, 4.69) is 19.1 Å². The van der Waals surface area contributed by atoms with Crippen LogP contribution in [0.15, 0.2) is 12.2 Å². The smallest absolute Gasteiger partial charge is 0.0231 e. The minimum absolute atomic E-state index is 0.876. The van der Waals surface area contributed by atoms with Gasteiger partial charge in [0.25, 0.3) is 0 Å². The molecule has 0 saturated heterocycles. The van der Waals surface area contributed by atoms with Crippen molar-refractivity contribution in [1.29, 1.82) is 0 Å². The lowest BCUT2D eigenvalue weighted by molar-refractivity contribution is 0.305. The molecule has 0 aromatic rings. The molecular formula is C12H22. The van der Waals surface area contributed by atoms with Gasteiger partial charge in [-0.05, 0) is 37.0 Å². The molecule has 1 fully saturated rings. The summed E-state index contributed by atoms with van der Waals surface area (Å²) in [6, 6.07) is 0. The molecular weight excluding hydrogens is 144 g/mol. The second-order valence-electron chi connectivity index (χ2n) is 3.88. The summed E-state index contributed by atoms with van der Waals surface area (Å²) < 4.78 is 0. The van der Waals surface area contributed by atoms with Gasteiger partial charge in [0, 0.05) is 0 Å². The van der Waals surface area contributed by atoms with Crippen molar-refractivity contribution >= 4 is 0 Å². The molecule has 2 aliphatic carbocycles. The van der Waals surface area contributed by atoms with Gasteiger partial charge in [-0.1, -0.05) is 39.3 Å². The van der Waals surface area contributed by atoms with Crippen LogP contribution in [-0.2, 0) is 0 Å². The van der Waals surface area contributed by atoms with E-state index in [4.69, 9.17) is 0 Å². The van der Waals surface area contributed by atoms with E-state index >= 15 is 0 Å². The van der Waals surface area contributed by atoms with E-state index < -0.39 is 0 Å². The highest BCUT2D eigenvalue weighted by atomic mass is 14.4. The zero-order valence-electron chi connectivity index (χ0n) is 8.72. The van der Waals surface area contributed by atoms with E-state index in [-0.39, 0.29) is 0 Å². The second-order valence-corrected chi connectivity index (χ2v) is 3.88. The average Bonchev–Trinajstić information content (AvgIpc) is 2.57. The molecule has 0 radical (unpaired) electrons. The van der Waals surface area contributed by atoms with E-state index in [1.54, 1.807) is 0 Å². The summed E-state index contributed by atoms with van der Waals surface area (Å²) in [5, 5.41) is 0. The highest BCUT2D eigenvalue weighted by Gasteiger charge is 2.31. The second kappa shape index (κ2) is 4.69. The monoisotopic (exact) mass is 166 g/mol. The Morgan fingerprint density at radius 1 is 1.17 bits per heavy atom.